The molecule has 0 radical (unpaired) electrons. The van der Waals surface area contributed by atoms with Crippen LogP contribution in [-0.4, -0.2) is 24.6 Å². The fraction of sp³-hybridized carbons (Fsp3) is 0.231. The van der Waals surface area contributed by atoms with E-state index in [1.165, 1.54) is 4.57 Å². The number of halogens is 1. The Morgan fingerprint density at radius 3 is 2.56 bits per heavy atom. The van der Waals surface area contributed by atoms with Crippen LogP contribution >= 0.6 is 11.6 Å². The van der Waals surface area contributed by atoms with Gasteiger partial charge in [0.15, 0.2) is 10.8 Å². The van der Waals surface area contributed by atoms with Gasteiger partial charge in [-0.25, -0.2) is 9.97 Å². The monoisotopic (exact) mass is 476 g/mol. The van der Waals surface area contributed by atoms with Crippen LogP contribution in [0.3, 0.4) is 0 Å². The van der Waals surface area contributed by atoms with Crippen molar-refractivity contribution in [3.05, 3.63) is 98.9 Å². The van der Waals surface area contributed by atoms with Gasteiger partial charge in [0.05, 0.1) is 11.4 Å². The molecule has 0 saturated heterocycles. The molecule has 0 fully saturated rings. The standard InChI is InChI=1S/C26H25ClN4O3/c1-16-7-5-8-18(13-16)15-34-23-22(27)24(32)31(17(2)29-23)20-10-6-9-19(14-20)21-11-12-28-25(30-21)26(3,4)33/h5-14,33H,15H2,1-4H3. The maximum atomic E-state index is 13.2. The van der Waals surface area contributed by atoms with Gasteiger partial charge in [-0.3, -0.25) is 9.36 Å². The average Bonchev–Trinajstić information content (AvgIpc) is 2.80. The molecule has 0 saturated carbocycles. The van der Waals surface area contributed by atoms with Crippen molar-refractivity contribution in [2.24, 2.45) is 0 Å². The summed E-state index contributed by atoms with van der Waals surface area (Å²) in [7, 11) is 0. The number of nitrogens with zero attached hydrogens (tertiary/aromatic N) is 4. The molecule has 0 aliphatic rings. The van der Waals surface area contributed by atoms with Crippen LogP contribution in [0.25, 0.3) is 16.9 Å². The lowest BCUT2D eigenvalue weighted by molar-refractivity contribution is 0.0688. The van der Waals surface area contributed by atoms with Gasteiger partial charge >= 0.3 is 0 Å². The highest BCUT2D eigenvalue weighted by Gasteiger charge is 2.20. The summed E-state index contributed by atoms with van der Waals surface area (Å²) >= 11 is 6.38. The topological polar surface area (TPSA) is 90.1 Å². The van der Waals surface area contributed by atoms with Crippen LogP contribution in [0.2, 0.25) is 5.02 Å². The van der Waals surface area contributed by atoms with Crippen LogP contribution in [0.1, 0.15) is 36.6 Å². The molecule has 2 aromatic carbocycles. The van der Waals surface area contributed by atoms with Crippen molar-refractivity contribution in [2.45, 2.75) is 39.9 Å². The average molecular weight is 477 g/mol. The summed E-state index contributed by atoms with van der Waals surface area (Å²) in [5.41, 5.74) is 2.44. The molecule has 4 rings (SSSR count). The molecule has 0 aliphatic carbocycles. The molecule has 4 aromatic rings. The van der Waals surface area contributed by atoms with Crippen molar-refractivity contribution in [3.63, 3.8) is 0 Å². The van der Waals surface area contributed by atoms with Crippen LogP contribution < -0.4 is 10.3 Å². The smallest absolute Gasteiger partial charge is 0.280 e. The van der Waals surface area contributed by atoms with Gasteiger partial charge in [0.25, 0.3) is 5.56 Å². The zero-order valence-electron chi connectivity index (χ0n) is 19.4. The fourth-order valence-corrected chi connectivity index (χ4v) is 3.74. The predicted octanol–water partition coefficient (Wildman–Crippen LogP) is 4.77. The minimum atomic E-state index is -1.17. The number of aliphatic hydroxyl groups is 1. The van der Waals surface area contributed by atoms with E-state index >= 15 is 0 Å². The molecule has 2 aromatic heterocycles. The highest BCUT2D eigenvalue weighted by atomic mass is 35.5. The second kappa shape index (κ2) is 9.37. The summed E-state index contributed by atoms with van der Waals surface area (Å²) in [6, 6.07) is 16.9. The number of benzene rings is 2. The summed E-state index contributed by atoms with van der Waals surface area (Å²) in [4.78, 5) is 26.2. The molecule has 0 atom stereocenters. The minimum absolute atomic E-state index is 0.0880. The first kappa shape index (κ1) is 23.6. The van der Waals surface area contributed by atoms with E-state index < -0.39 is 11.2 Å². The van der Waals surface area contributed by atoms with Crippen LogP contribution in [0, 0.1) is 13.8 Å². The van der Waals surface area contributed by atoms with E-state index in [0.717, 1.165) is 16.7 Å². The number of rotatable bonds is 6. The molecular formula is C26H25ClN4O3. The summed E-state index contributed by atoms with van der Waals surface area (Å²) in [6.45, 7) is 7.23. The van der Waals surface area contributed by atoms with Crippen molar-refractivity contribution in [2.75, 3.05) is 0 Å². The highest BCUT2D eigenvalue weighted by molar-refractivity contribution is 6.31. The Morgan fingerprint density at radius 2 is 1.82 bits per heavy atom. The molecule has 0 aliphatic heterocycles. The number of hydrogen-bond donors (Lipinski definition) is 1. The van der Waals surface area contributed by atoms with Crippen LogP contribution in [-0.2, 0) is 12.2 Å². The van der Waals surface area contributed by atoms with Gasteiger partial charge in [0, 0.05) is 11.8 Å². The van der Waals surface area contributed by atoms with Crippen molar-refractivity contribution in [1.82, 2.24) is 19.5 Å². The SMILES string of the molecule is Cc1cccc(COc2nc(C)n(-c3cccc(-c4ccnc(C(C)(C)O)n4)c3)c(=O)c2Cl)c1. The molecule has 7 nitrogen and oxygen atoms in total. The van der Waals surface area contributed by atoms with Crippen molar-refractivity contribution >= 4 is 11.6 Å². The second-order valence-corrected chi connectivity index (χ2v) is 8.95. The molecule has 8 heteroatoms. The maximum absolute atomic E-state index is 13.2. The highest BCUT2D eigenvalue weighted by Crippen LogP contribution is 2.25. The molecule has 1 N–H and O–H groups in total. The van der Waals surface area contributed by atoms with E-state index in [4.69, 9.17) is 16.3 Å². The Hall–Kier alpha value is -3.55. The lowest BCUT2D eigenvalue weighted by atomic mass is 10.1. The number of ether oxygens (including phenoxy) is 1. The van der Waals surface area contributed by atoms with Crippen molar-refractivity contribution in [3.8, 4) is 22.8 Å². The third-order valence-electron chi connectivity index (χ3n) is 5.23. The lowest BCUT2D eigenvalue weighted by Gasteiger charge is -2.16. The number of hydrogen-bond acceptors (Lipinski definition) is 6. The van der Waals surface area contributed by atoms with Crippen molar-refractivity contribution < 1.29 is 9.84 Å². The largest absolute Gasteiger partial charge is 0.472 e. The van der Waals surface area contributed by atoms with E-state index in [1.807, 2.05) is 49.4 Å². The van der Waals surface area contributed by atoms with Gasteiger partial charge < -0.3 is 9.84 Å². The molecular weight excluding hydrogens is 452 g/mol. The van der Waals surface area contributed by atoms with Gasteiger partial charge in [-0.05, 0) is 51.5 Å². The van der Waals surface area contributed by atoms with Gasteiger partial charge in [-0.1, -0.05) is 53.6 Å². The van der Waals surface area contributed by atoms with E-state index in [0.29, 0.717) is 23.0 Å². The maximum Gasteiger partial charge on any atom is 0.280 e. The Balaban J connectivity index is 1.68. The fourth-order valence-electron chi connectivity index (χ4n) is 3.55. The zero-order chi connectivity index (χ0) is 24.5. The second-order valence-electron chi connectivity index (χ2n) is 8.57. The summed E-state index contributed by atoms with van der Waals surface area (Å²) in [5, 5.41) is 10.2. The molecule has 174 valence electrons. The Labute approximate surface area is 202 Å². The molecule has 0 amide bonds. The molecule has 0 spiro atoms. The molecule has 34 heavy (non-hydrogen) atoms. The first-order chi connectivity index (χ1) is 16.1. The van der Waals surface area contributed by atoms with Crippen LogP contribution in [0.4, 0.5) is 0 Å². The Bertz CT molecular complexity index is 1410. The third-order valence-corrected chi connectivity index (χ3v) is 5.55. The predicted molar refractivity (Wildman–Crippen MR) is 131 cm³/mol. The normalized spacial score (nSPS) is 11.5. The van der Waals surface area contributed by atoms with Crippen LogP contribution in [0.5, 0.6) is 5.88 Å². The van der Waals surface area contributed by atoms with E-state index in [2.05, 4.69) is 15.0 Å². The van der Waals surface area contributed by atoms with Gasteiger partial charge in [0.1, 0.15) is 18.0 Å². The minimum Gasteiger partial charge on any atom is -0.472 e. The summed E-state index contributed by atoms with van der Waals surface area (Å²) in [6.07, 6.45) is 1.60. The first-order valence-corrected chi connectivity index (χ1v) is 11.2. The van der Waals surface area contributed by atoms with Gasteiger partial charge in [-0.2, -0.15) is 4.98 Å². The third kappa shape index (κ3) is 5.00. The first-order valence-electron chi connectivity index (χ1n) is 10.8. The number of aromatic nitrogens is 4. The molecule has 2 heterocycles. The van der Waals surface area contributed by atoms with Crippen LogP contribution in [0.15, 0.2) is 65.6 Å². The van der Waals surface area contributed by atoms with Crippen molar-refractivity contribution in [1.29, 1.82) is 0 Å². The Morgan fingerprint density at radius 1 is 1.06 bits per heavy atom. The van der Waals surface area contributed by atoms with E-state index in [9.17, 15) is 9.90 Å². The Kier molecular flexibility index (Phi) is 6.50. The summed E-state index contributed by atoms with van der Waals surface area (Å²) in [5.74, 6) is 0.845. The quantitative estimate of drug-likeness (QED) is 0.431. The van der Waals surface area contributed by atoms with Gasteiger partial charge in [-0.15, -0.1) is 0 Å². The molecule has 0 unspecified atom stereocenters. The van der Waals surface area contributed by atoms with E-state index in [1.54, 1.807) is 39.1 Å². The molecule has 0 bridgehead atoms. The summed E-state index contributed by atoms with van der Waals surface area (Å²) < 4.78 is 7.21. The zero-order valence-corrected chi connectivity index (χ0v) is 20.2. The van der Waals surface area contributed by atoms with Gasteiger partial charge in [0.2, 0.25) is 5.88 Å². The number of aryl methyl sites for hydroxylation is 2. The van der Waals surface area contributed by atoms with E-state index in [-0.39, 0.29) is 17.5 Å². The lowest BCUT2D eigenvalue weighted by Crippen LogP contribution is -2.23.